The molecule has 3 rings (SSSR count). The molecule has 5 nitrogen and oxygen atoms in total. The highest BCUT2D eigenvalue weighted by atomic mass is 35.5. The van der Waals surface area contributed by atoms with Crippen molar-refractivity contribution in [3.63, 3.8) is 0 Å². The Balaban J connectivity index is 2.25. The molecule has 1 heterocycles. The standard InChI is InChI=1S/C13H8ClF2N5/c14-8-4-1-3-7(11(8)17)13-18-19-20-21(13)12-9(15)5-2-6-10(12)16/h1-6H,17H2. The molecule has 0 radical (unpaired) electrons. The lowest BCUT2D eigenvalue weighted by molar-refractivity contribution is 0.557. The van der Waals surface area contributed by atoms with Crippen molar-refractivity contribution in [2.24, 2.45) is 0 Å². The molecule has 0 atom stereocenters. The van der Waals surface area contributed by atoms with Crippen molar-refractivity contribution in [3.8, 4) is 17.1 Å². The molecule has 0 unspecified atom stereocenters. The quantitative estimate of drug-likeness (QED) is 0.739. The van der Waals surface area contributed by atoms with Crippen LogP contribution in [0, 0.1) is 11.6 Å². The largest absolute Gasteiger partial charge is 0.397 e. The van der Waals surface area contributed by atoms with Crippen LogP contribution >= 0.6 is 11.6 Å². The zero-order valence-electron chi connectivity index (χ0n) is 10.5. The van der Waals surface area contributed by atoms with Crippen molar-refractivity contribution < 1.29 is 8.78 Å². The maximum Gasteiger partial charge on any atom is 0.189 e. The summed E-state index contributed by atoms with van der Waals surface area (Å²) in [4.78, 5) is 0. The summed E-state index contributed by atoms with van der Waals surface area (Å²) in [5.74, 6) is -1.48. The van der Waals surface area contributed by atoms with E-state index in [1.54, 1.807) is 18.2 Å². The molecule has 0 fully saturated rings. The van der Waals surface area contributed by atoms with E-state index in [0.717, 1.165) is 16.8 Å². The summed E-state index contributed by atoms with van der Waals surface area (Å²) in [6.07, 6.45) is 0. The van der Waals surface area contributed by atoms with E-state index in [1.807, 2.05) is 0 Å². The van der Waals surface area contributed by atoms with Crippen LogP contribution in [0.3, 0.4) is 0 Å². The van der Waals surface area contributed by atoms with Gasteiger partial charge < -0.3 is 5.73 Å². The molecule has 21 heavy (non-hydrogen) atoms. The van der Waals surface area contributed by atoms with E-state index in [-0.39, 0.29) is 17.2 Å². The van der Waals surface area contributed by atoms with E-state index in [4.69, 9.17) is 17.3 Å². The van der Waals surface area contributed by atoms with Crippen molar-refractivity contribution in [1.82, 2.24) is 20.2 Å². The summed E-state index contributed by atoms with van der Waals surface area (Å²) in [6, 6.07) is 8.34. The number of benzene rings is 2. The van der Waals surface area contributed by atoms with E-state index in [1.165, 1.54) is 6.07 Å². The lowest BCUT2D eigenvalue weighted by Gasteiger charge is -2.09. The van der Waals surface area contributed by atoms with Crippen LogP contribution in [0.25, 0.3) is 17.1 Å². The van der Waals surface area contributed by atoms with Crippen molar-refractivity contribution in [2.75, 3.05) is 5.73 Å². The fourth-order valence-electron chi connectivity index (χ4n) is 1.93. The molecule has 0 aliphatic rings. The minimum absolute atomic E-state index is 0.0963. The number of tetrazole rings is 1. The molecule has 106 valence electrons. The Morgan fingerprint density at radius 1 is 1.05 bits per heavy atom. The molecule has 0 saturated heterocycles. The average molecular weight is 308 g/mol. The highest BCUT2D eigenvalue weighted by Crippen LogP contribution is 2.31. The predicted molar refractivity (Wildman–Crippen MR) is 73.9 cm³/mol. The fraction of sp³-hybridized carbons (Fsp3) is 0. The van der Waals surface area contributed by atoms with Crippen molar-refractivity contribution in [2.45, 2.75) is 0 Å². The summed E-state index contributed by atoms with van der Waals surface area (Å²) in [5, 5.41) is 11.2. The van der Waals surface area contributed by atoms with Crippen LogP contribution in [-0.4, -0.2) is 20.2 Å². The Morgan fingerprint density at radius 2 is 1.71 bits per heavy atom. The third-order valence-corrected chi connectivity index (χ3v) is 3.24. The van der Waals surface area contributed by atoms with Gasteiger partial charge in [-0.05, 0) is 34.7 Å². The Bertz CT molecular complexity index is 798. The zero-order valence-corrected chi connectivity index (χ0v) is 11.2. The minimum Gasteiger partial charge on any atom is -0.397 e. The van der Waals surface area contributed by atoms with Crippen LogP contribution in [0.4, 0.5) is 14.5 Å². The number of nitrogen functional groups attached to an aromatic ring is 1. The third kappa shape index (κ3) is 2.21. The topological polar surface area (TPSA) is 69.6 Å². The molecule has 0 amide bonds. The first-order chi connectivity index (χ1) is 10.1. The van der Waals surface area contributed by atoms with Gasteiger partial charge in [0.15, 0.2) is 17.5 Å². The molecule has 3 aromatic rings. The first kappa shape index (κ1) is 13.4. The second-order valence-corrected chi connectivity index (χ2v) is 4.59. The van der Waals surface area contributed by atoms with Gasteiger partial charge in [0.2, 0.25) is 0 Å². The molecule has 0 spiro atoms. The van der Waals surface area contributed by atoms with Crippen LogP contribution in [0.5, 0.6) is 0 Å². The van der Waals surface area contributed by atoms with Crippen LogP contribution in [0.15, 0.2) is 36.4 Å². The number of aromatic nitrogens is 4. The number of nitrogens with two attached hydrogens (primary N) is 1. The Morgan fingerprint density at radius 3 is 2.43 bits per heavy atom. The molecule has 0 aliphatic carbocycles. The third-order valence-electron chi connectivity index (χ3n) is 2.91. The van der Waals surface area contributed by atoms with Gasteiger partial charge in [-0.1, -0.05) is 23.7 Å². The number of para-hydroxylation sites is 2. The highest BCUT2D eigenvalue weighted by molar-refractivity contribution is 6.33. The Labute approximate surface area is 123 Å². The number of rotatable bonds is 2. The monoisotopic (exact) mass is 307 g/mol. The predicted octanol–water partition coefficient (Wildman–Crippen LogP) is 2.84. The summed E-state index contributed by atoms with van der Waals surface area (Å²) in [5.41, 5.74) is 6.10. The van der Waals surface area contributed by atoms with Crippen molar-refractivity contribution in [3.05, 3.63) is 53.1 Å². The van der Waals surface area contributed by atoms with E-state index in [0.29, 0.717) is 10.6 Å². The Hall–Kier alpha value is -2.54. The van der Waals surface area contributed by atoms with E-state index in [2.05, 4.69) is 15.5 Å². The van der Waals surface area contributed by atoms with Gasteiger partial charge in [0, 0.05) is 5.56 Å². The smallest absolute Gasteiger partial charge is 0.189 e. The van der Waals surface area contributed by atoms with Gasteiger partial charge in [-0.3, -0.25) is 0 Å². The van der Waals surface area contributed by atoms with Gasteiger partial charge in [-0.25, -0.2) is 8.78 Å². The molecule has 8 heteroatoms. The lowest BCUT2D eigenvalue weighted by atomic mass is 10.1. The van der Waals surface area contributed by atoms with Crippen LogP contribution in [0.1, 0.15) is 0 Å². The summed E-state index contributed by atoms with van der Waals surface area (Å²) >= 11 is 5.94. The summed E-state index contributed by atoms with van der Waals surface area (Å²) in [7, 11) is 0. The van der Waals surface area contributed by atoms with Gasteiger partial charge in [0.25, 0.3) is 0 Å². The number of anilines is 1. The lowest BCUT2D eigenvalue weighted by Crippen LogP contribution is -2.06. The highest BCUT2D eigenvalue weighted by Gasteiger charge is 2.19. The van der Waals surface area contributed by atoms with Gasteiger partial charge in [-0.2, -0.15) is 4.68 Å². The molecular formula is C13H8ClF2N5. The number of hydrogen-bond acceptors (Lipinski definition) is 4. The molecule has 0 saturated carbocycles. The number of halogens is 3. The zero-order chi connectivity index (χ0) is 15.0. The van der Waals surface area contributed by atoms with Gasteiger partial charge in [-0.15, -0.1) is 5.10 Å². The molecule has 1 aromatic heterocycles. The fourth-order valence-corrected chi connectivity index (χ4v) is 2.10. The van der Waals surface area contributed by atoms with Crippen molar-refractivity contribution >= 4 is 17.3 Å². The number of nitrogens with zero attached hydrogens (tertiary/aromatic N) is 4. The molecule has 0 aliphatic heterocycles. The summed E-state index contributed by atoms with van der Waals surface area (Å²) in [6.45, 7) is 0. The van der Waals surface area contributed by atoms with Gasteiger partial charge in [0.05, 0.1) is 10.7 Å². The molecule has 0 bridgehead atoms. The number of hydrogen-bond donors (Lipinski definition) is 1. The first-order valence-electron chi connectivity index (χ1n) is 5.86. The molecule has 2 aromatic carbocycles. The van der Waals surface area contributed by atoms with E-state index in [9.17, 15) is 8.78 Å². The van der Waals surface area contributed by atoms with E-state index >= 15 is 0 Å². The maximum absolute atomic E-state index is 13.9. The maximum atomic E-state index is 13.9. The van der Waals surface area contributed by atoms with Crippen LogP contribution in [-0.2, 0) is 0 Å². The SMILES string of the molecule is Nc1c(Cl)cccc1-c1nnnn1-c1c(F)cccc1F. The van der Waals surface area contributed by atoms with Crippen molar-refractivity contribution in [1.29, 1.82) is 0 Å². The normalized spacial score (nSPS) is 10.8. The first-order valence-corrected chi connectivity index (χ1v) is 6.24. The van der Waals surface area contributed by atoms with Gasteiger partial charge in [0.1, 0.15) is 5.69 Å². The van der Waals surface area contributed by atoms with Crippen LogP contribution < -0.4 is 5.73 Å². The summed E-state index contributed by atoms with van der Waals surface area (Å²) < 4.78 is 28.7. The molecule has 2 N–H and O–H groups in total. The average Bonchev–Trinajstić information content (AvgIpc) is 2.91. The van der Waals surface area contributed by atoms with Crippen LogP contribution in [0.2, 0.25) is 5.02 Å². The van der Waals surface area contributed by atoms with Gasteiger partial charge >= 0.3 is 0 Å². The van der Waals surface area contributed by atoms with E-state index < -0.39 is 11.6 Å². The second kappa shape index (κ2) is 5.10. The minimum atomic E-state index is -0.788. The molecular weight excluding hydrogens is 300 g/mol. The second-order valence-electron chi connectivity index (χ2n) is 4.19. The Kier molecular flexibility index (Phi) is 3.26.